The number of nitrogens with zero attached hydrogens (tertiary/aromatic N) is 3. The Kier molecular flexibility index (Phi) is 8.92. The Morgan fingerprint density at radius 3 is 2.65 bits per heavy atom. The van der Waals surface area contributed by atoms with Gasteiger partial charge in [-0.3, -0.25) is 9.89 Å². The Morgan fingerprint density at radius 1 is 1.05 bits per heavy atom. The van der Waals surface area contributed by atoms with Crippen LogP contribution in [0.15, 0.2) is 48.7 Å². The highest BCUT2D eigenvalue weighted by molar-refractivity contribution is 6.01. The first-order valence-corrected chi connectivity index (χ1v) is 13.8. The molecular weight excluding hydrogens is 510 g/mol. The Hall–Kier alpha value is -4.38. The van der Waals surface area contributed by atoms with Crippen LogP contribution in [-0.2, 0) is 9.47 Å². The van der Waals surface area contributed by atoms with Crippen molar-refractivity contribution in [1.29, 1.82) is 0 Å². The third-order valence-electron chi connectivity index (χ3n) is 6.82. The molecule has 2 amide bonds. The van der Waals surface area contributed by atoms with E-state index in [0.29, 0.717) is 43.2 Å². The average molecular weight is 546 g/mol. The maximum absolute atomic E-state index is 12.8. The summed E-state index contributed by atoms with van der Waals surface area (Å²) in [5, 5.41) is 13.9. The fraction of sp³-hybridized carbons (Fsp3) is 0.379. The van der Waals surface area contributed by atoms with Gasteiger partial charge in [-0.2, -0.15) is 5.10 Å². The van der Waals surface area contributed by atoms with E-state index in [-0.39, 0.29) is 5.91 Å². The number of carbonyl (C=O) groups is 2. The van der Waals surface area contributed by atoms with Crippen molar-refractivity contribution in [2.24, 2.45) is 0 Å². The summed E-state index contributed by atoms with van der Waals surface area (Å²) in [6.45, 7) is 6.60. The number of benzene rings is 2. The number of imidazole rings is 1. The number of alkyl carbamates (subject to hydrolysis) is 1. The van der Waals surface area contributed by atoms with Crippen molar-refractivity contribution in [3.63, 3.8) is 0 Å². The molecule has 1 saturated heterocycles. The minimum atomic E-state index is -0.427. The molecule has 0 spiro atoms. The highest BCUT2D eigenvalue weighted by atomic mass is 16.5. The number of unbranched alkanes of at least 4 members (excludes halogenated alkanes) is 1. The molecule has 1 fully saturated rings. The molecule has 2 aromatic carbocycles. The van der Waals surface area contributed by atoms with Crippen molar-refractivity contribution in [3.05, 3.63) is 54.2 Å². The van der Waals surface area contributed by atoms with E-state index in [0.717, 1.165) is 61.3 Å². The van der Waals surface area contributed by atoms with Gasteiger partial charge in [0.2, 0.25) is 0 Å². The van der Waals surface area contributed by atoms with Crippen LogP contribution in [0, 0.1) is 0 Å². The molecule has 1 aliphatic heterocycles. The topological polar surface area (TPSA) is 137 Å². The van der Waals surface area contributed by atoms with Gasteiger partial charge in [0.1, 0.15) is 5.69 Å². The van der Waals surface area contributed by atoms with E-state index in [2.05, 4.69) is 60.0 Å². The van der Waals surface area contributed by atoms with Crippen LogP contribution in [-0.4, -0.2) is 78.2 Å². The number of aromatic amines is 2. The van der Waals surface area contributed by atoms with Crippen LogP contribution >= 0.6 is 0 Å². The number of nitrogens with one attached hydrogen (secondary N) is 4. The molecule has 11 heteroatoms. The van der Waals surface area contributed by atoms with Crippen molar-refractivity contribution >= 4 is 28.6 Å². The molecule has 0 unspecified atom stereocenters. The number of hydrogen-bond acceptors (Lipinski definition) is 7. The van der Waals surface area contributed by atoms with Crippen LogP contribution in [0.1, 0.15) is 36.5 Å². The number of morpholine rings is 1. The smallest absolute Gasteiger partial charge is 0.407 e. The number of hydrogen-bond donors (Lipinski definition) is 4. The lowest BCUT2D eigenvalue weighted by Crippen LogP contribution is -2.36. The minimum Gasteiger partial charge on any atom is -0.450 e. The van der Waals surface area contributed by atoms with Gasteiger partial charge in [-0.05, 0) is 48.7 Å². The van der Waals surface area contributed by atoms with Crippen molar-refractivity contribution in [3.8, 4) is 22.8 Å². The molecule has 5 rings (SSSR count). The van der Waals surface area contributed by atoms with Gasteiger partial charge >= 0.3 is 6.09 Å². The standard InChI is InChI=1S/C29H35N7O4/c1-2-3-15-40-29(38)31-12-4-11-30-28(37)21-7-10-24-23(18-21)26(35-34-24)27-32-19-25(33-27)20-5-8-22(9-6-20)36-13-16-39-17-14-36/h5-10,18-19H,2-4,11-17H2,1H3,(H,30,37)(H,31,38)(H,32,33)(H,34,35). The lowest BCUT2D eigenvalue weighted by Gasteiger charge is -2.28. The van der Waals surface area contributed by atoms with Crippen molar-refractivity contribution in [2.75, 3.05) is 50.9 Å². The number of anilines is 1. The first kappa shape index (κ1) is 27.2. The SMILES string of the molecule is CCCCOC(=O)NCCCNC(=O)c1ccc2[nH]nc(-c3ncc(-c4ccc(N5CCOCC5)cc4)[nH]3)c2c1. The summed E-state index contributed by atoms with van der Waals surface area (Å²) >= 11 is 0. The molecule has 2 aromatic heterocycles. The van der Waals surface area contributed by atoms with Crippen LogP contribution in [0.4, 0.5) is 10.5 Å². The minimum absolute atomic E-state index is 0.194. The van der Waals surface area contributed by atoms with E-state index in [1.54, 1.807) is 12.3 Å². The quantitative estimate of drug-likeness (QED) is 0.208. The second-order valence-electron chi connectivity index (χ2n) is 9.65. The molecule has 1 aliphatic rings. The van der Waals surface area contributed by atoms with E-state index in [4.69, 9.17) is 9.47 Å². The van der Waals surface area contributed by atoms with E-state index in [9.17, 15) is 9.59 Å². The zero-order valence-electron chi connectivity index (χ0n) is 22.7. The van der Waals surface area contributed by atoms with Gasteiger partial charge < -0.3 is 30.0 Å². The number of aromatic nitrogens is 4. The maximum Gasteiger partial charge on any atom is 0.407 e. The average Bonchev–Trinajstić information content (AvgIpc) is 3.65. The van der Waals surface area contributed by atoms with Crippen molar-refractivity contribution < 1.29 is 19.1 Å². The number of fused-ring (bicyclic) bond motifs is 1. The van der Waals surface area contributed by atoms with Crippen molar-refractivity contribution in [1.82, 2.24) is 30.8 Å². The first-order valence-electron chi connectivity index (χ1n) is 13.8. The fourth-order valence-electron chi connectivity index (χ4n) is 4.54. The third kappa shape index (κ3) is 6.60. The summed E-state index contributed by atoms with van der Waals surface area (Å²) in [6.07, 6.45) is 3.78. The Labute approximate surface area is 232 Å². The molecule has 4 N–H and O–H groups in total. The number of carbonyl (C=O) groups excluding carboxylic acids is 2. The summed E-state index contributed by atoms with van der Waals surface area (Å²) in [5.41, 5.74) is 5.07. The van der Waals surface area contributed by atoms with Crippen LogP contribution in [0.25, 0.3) is 33.7 Å². The Balaban J connectivity index is 1.19. The van der Waals surface area contributed by atoms with E-state index in [1.165, 1.54) is 5.69 Å². The number of ether oxygens (including phenoxy) is 2. The van der Waals surface area contributed by atoms with Gasteiger partial charge in [0.25, 0.3) is 5.91 Å². The number of rotatable bonds is 11. The zero-order valence-corrected chi connectivity index (χ0v) is 22.7. The van der Waals surface area contributed by atoms with Crippen LogP contribution in [0.3, 0.4) is 0 Å². The van der Waals surface area contributed by atoms with Crippen LogP contribution in [0.5, 0.6) is 0 Å². The van der Waals surface area contributed by atoms with E-state index < -0.39 is 6.09 Å². The third-order valence-corrected chi connectivity index (χ3v) is 6.82. The highest BCUT2D eigenvalue weighted by Crippen LogP contribution is 2.28. The summed E-state index contributed by atoms with van der Waals surface area (Å²) in [4.78, 5) is 34.6. The second-order valence-corrected chi connectivity index (χ2v) is 9.65. The lowest BCUT2D eigenvalue weighted by atomic mass is 10.1. The highest BCUT2D eigenvalue weighted by Gasteiger charge is 2.16. The van der Waals surface area contributed by atoms with Crippen molar-refractivity contribution in [2.45, 2.75) is 26.2 Å². The molecular formula is C29H35N7O4. The van der Waals surface area contributed by atoms with E-state index in [1.807, 2.05) is 19.1 Å². The Bertz CT molecular complexity index is 1420. The van der Waals surface area contributed by atoms with Gasteiger partial charge in [-0.1, -0.05) is 25.5 Å². The zero-order chi connectivity index (χ0) is 27.7. The lowest BCUT2D eigenvalue weighted by molar-refractivity contribution is 0.0953. The molecule has 0 saturated carbocycles. The largest absolute Gasteiger partial charge is 0.450 e. The summed E-state index contributed by atoms with van der Waals surface area (Å²) in [7, 11) is 0. The molecule has 40 heavy (non-hydrogen) atoms. The van der Waals surface area contributed by atoms with Gasteiger partial charge in [0, 0.05) is 42.8 Å². The summed E-state index contributed by atoms with van der Waals surface area (Å²) < 4.78 is 10.5. The van der Waals surface area contributed by atoms with Crippen LogP contribution < -0.4 is 15.5 Å². The van der Waals surface area contributed by atoms with Crippen LogP contribution in [0.2, 0.25) is 0 Å². The van der Waals surface area contributed by atoms with Gasteiger partial charge in [-0.25, -0.2) is 9.78 Å². The van der Waals surface area contributed by atoms with E-state index >= 15 is 0 Å². The monoisotopic (exact) mass is 545 g/mol. The predicted octanol–water partition coefficient (Wildman–Crippen LogP) is 4.10. The first-order chi connectivity index (χ1) is 19.6. The summed E-state index contributed by atoms with van der Waals surface area (Å²) in [6, 6.07) is 13.8. The molecule has 0 bridgehead atoms. The molecule has 0 radical (unpaired) electrons. The molecule has 0 atom stereocenters. The Morgan fingerprint density at radius 2 is 1.85 bits per heavy atom. The molecule has 210 valence electrons. The van der Waals surface area contributed by atoms with Gasteiger partial charge in [0.05, 0.1) is 37.2 Å². The summed E-state index contributed by atoms with van der Waals surface area (Å²) in [5.74, 6) is 0.424. The molecule has 11 nitrogen and oxygen atoms in total. The van der Waals surface area contributed by atoms with Gasteiger partial charge in [0.15, 0.2) is 5.82 Å². The van der Waals surface area contributed by atoms with Gasteiger partial charge in [-0.15, -0.1) is 0 Å². The maximum atomic E-state index is 12.8. The fourth-order valence-corrected chi connectivity index (χ4v) is 4.54. The molecule has 0 aliphatic carbocycles. The number of H-pyrrole nitrogens is 2. The number of amides is 2. The molecule has 4 aromatic rings. The molecule has 3 heterocycles. The normalized spacial score (nSPS) is 13.4. The predicted molar refractivity (Wildman–Crippen MR) is 153 cm³/mol. The second kappa shape index (κ2) is 13.1.